The molecule has 154 valence electrons. The van der Waals surface area contributed by atoms with Gasteiger partial charge in [0.2, 0.25) is 11.8 Å². The van der Waals surface area contributed by atoms with E-state index in [0.717, 1.165) is 17.7 Å². The van der Waals surface area contributed by atoms with E-state index in [1.807, 2.05) is 12.1 Å². The molecule has 2 aromatic rings. The number of carbonyl (C=O) groups excluding carboxylic acids is 2. The summed E-state index contributed by atoms with van der Waals surface area (Å²) < 4.78 is 45.5. The summed E-state index contributed by atoms with van der Waals surface area (Å²) in [6, 6.07) is 12.1. The highest BCUT2D eigenvalue weighted by molar-refractivity contribution is 5.97. The number of ether oxygens (including phenoxy) is 2. The number of hydrogen-bond acceptors (Lipinski definition) is 4. The van der Waals surface area contributed by atoms with Crippen LogP contribution in [0.5, 0.6) is 11.5 Å². The number of halogens is 3. The number of methoxy groups -OCH3 is 1. The second-order valence-corrected chi connectivity index (χ2v) is 6.58. The molecule has 1 atom stereocenters. The third-order valence-corrected chi connectivity index (χ3v) is 4.47. The lowest BCUT2D eigenvalue weighted by molar-refractivity contribution is -0.274. The predicted molar refractivity (Wildman–Crippen MR) is 98.3 cm³/mol. The van der Waals surface area contributed by atoms with E-state index in [4.69, 9.17) is 4.74 Å². The maximum atomic E-state index is 12.4. The molecule has 0 radical (unpaired) electrons. The second kappa shape index (κ2) is 8.42. The number of amides is 2. The summed E-state index contributed by atoms with van der Waals surface area (Å²) in [7, 11) is 1.57. The number of alkyl halides is 3. The van der Waals surface area contributed by atoms with Crippen LogP contribution in [0, 0.1) is 5.92 Å². The van der Waals surface area contributed by atoms with Crippen molar-refractivity contribution in [3.63, 3.8) is 0 Å². The molecule has 0 aromatic heterocycles. The molecule has 1 fully saturated rings. The summed E-state index contributed by atoms with van der Waals surface area (Å²) in [5, 5.41) is 2.62. The molecule has 2 aromatic carbocycles. The average Bonchev–Trinajstić information content (AvgIpc) is 3.03. The van der Waals surface area contributed by atoms with Crippen LogP contribution in [0.3, 0.4) is 0 Å². The quantitative estimate of drug-likeness (QED) is 0.794. The summed E-state index contributed by atoms with van der Waals surface area (Å²) in [6.45, 7) is 0.655. The number of benzene rings is 2. The molecule has 0 spiro atoms. The number of anilines is 1. The molecular formula is C20H19F3N2O4. The van der Waals surface area contributed by atoms with Gasteiger partial charge in [0.15, 0.2) is 0 Å². The van der Waals surface area contributed by atoms with Crippen molar-refractivity contribution in [1.29, 1.82) is 0 Å². The molecule has 1 aliphatic rings. The predicted octanol–water partition coefficient (Wildman–Crippen LogP) is 3.58. The van der Waals surface area contributed by atoms with Gasteiger partial charge in [-0.3, -0.25) is 9.59 Å². The fraction of sp³-hybridized carbons (Fsp3) is 0.300. The first-order valence-electron chi connectivity index (χ1n) is 8.81. The van der Waals surface area contributed by atoms with Crippen molar-refractivity contribution < 1.29 is 32.2 Å². The fourth-order valence-electron chi connectivity index (χ4n) is 3.04. The zero-order valence-corrected chi connectivity index (χ0v) is 15.5. The van der Waals surface area contributed by atoms with Crippen molar-refractivity contribution in [2.45, 2.75) is 19.3 Å². The van der Waals surface area contributed by atoms with E-state index in [1.54, 1.807) is 24.1 Å². The maximum absolute atomic E-state index is 12.4. The Morgan fingerprint density at radius 3 is 2.31 bits per heavy atom. The van der Waals surface area contributed by atoms with Gasteiger partial charge in [-0.1, -0.05) is 12.1 Å². The first-order chi connectivity index (χ1) is 13.7. The van der Waals surface area contributed by atoms with Gasteiger partial charge < -0.3 is 19.7 Å². The second-order valence-electron chi connectivity index (χ2n) is 6.58. The van der Waals surface area contributed by atoms with Crippen molar-refractivity contribution in [1.82, 2.24) is 4.90 Å². The van der Waals surface area contributed by atoms with Crippen molar-refractivity contribution in [3.8, 4) is 11.5 Å². The van der Waals surface area contributed by atoms with Crippen LogP contribution in [0.25, 0.3) is 0 Å². The summed E-state index contributed by atoms with van der Waals surface area (Å²) >= 11 is 0. The monoisotopic (exact) mass is 408 g/mol. The first kappa shape index (κ1) is 20.5. The lowest BCUT2D eigenvalue weighted by atomic mass is 10.1. The van der Waals surface area contributed by atoms with Crippen LogP contribution < -0.4 is 14.8 Å². The van der Waals surface area contributed by atoms with Crippen LogP contribution in [-0.4, -0.2) is 36.7 Å². The largest absolute Gasteiger partial charge is 0.573 e. The average molecular weight is 408 g/mol. The van der Waals surface area contributed by atoms with E-state index in [1.165, 1.54) is 12.1 Å². The lowest BCUT2D eigenvalue weighted by Gasteiger charge is -2.17. The van der Waals surface area contributed by atoms with Gasteiger partial charge in [-0.2, -0.15) is 0 Å². The Kier molecular flexibility index (Phi) is 5.95. The molecule has 9 heteroatoms. The van der Waals surface area contributed by atoms with Crippen LogP contribution in [-0.2, 0) is 16.1 Å². The topological polar surface area (TPSA) is 67.9 Å². The first-order valence-corrected chi connectivity index (χ1v) is 8.81. The molecule has 1 N–H and O–H groups in total. The fourth-order valence-corrected chi connectivity index (χ4v) is 3.04. The molecule has 1 unspecified atom stereocenters. The van der Waals surface area contributed by atoms with Gasteiger partial charge in [-0.25, -0.2) is 0 Å². The highest BCUT2D eigenvalue weighted by Crippen LogP contribution is 2.26. The summed E-state index contributed by atoms with van der Waals surface area (Å²) in [4.78, 5) is 26.3. The molecule has 6 nitrogen and oxygen atoms in total. The molecule has 0 aliphatic carbocycles. The van der Waals surface area contributed by atoms with Gasteiger partial charge >= 0.3 is 6.36 Å². The summed E-state index contributed by atoms with van der Waals surface area (Å²) in [6.07, 6.45) is -4.69. The van der Waals surface area contributed by atoms with Crippen LogP contribution in [0.15, 0.2) is 48.5 Å². The molecule has 2 amide bonds. The van der Waals surface area contributed by atoms with E-state index >= 15 is 0 Å². The summed E-state index contributed by atoms with van der Waals surface area (Å²) in [5.41, 5.74) is 1.24. The van der Waals surface area contributed by atoms with Crippen LogP contribution in [0.1, 0.15) is 12.0 Å². The van der Waals surface area contributed by atoms with Crippen molar-refractivity contribution in [3.05, 3.63) is 54.1 Å². The van der Waals surface area contributed by atoms with E-state index in [2.05, 4.69) is 10.1 Å². The van der Waals surface area contributed by atoms with Gasteiger partial charge in [-0.05, 0) is 42.0 Å². The Morgan fingerprint density at radius 2 is 1.72 bits per heavy atom. The van der Waals surface area contributed by atoms with Gasteiger partial charge in [0.1, 0.15) is 11.5 Å². The highest BCUT2D eigenvalue weighted by atomic mass is 19.4. The standard InChI is InChI=1S/C20H19F3N2O4/c1-28-16-6-2-13(3-7-16)11-25-12-14(10-18(25)26)19(27)24-15-4-8-17(9-5-15)29-20(21,22)23/h2-9,14H,10-12H2,1H3,(H,24,27). The van der Waals surface area contributed by atoms with E-state index in [9.17, 15) is 22.8 Å². The third-order valence-electron chi connectivity index (χ3n) is 4.47. The zero-order chi connectivity index (χ0) is 21.0. The molecule has 1 aliphatic heterocycles. The van der Waals surface area contributed by atoms with Gasteiger partial charge in [0.05, 0.1) is 13.0 Å². The van der Waals surface area contributed by atoms with Crippen LogP contribution in [0.2, 0.25) is 0 Å². The van der Waals surface area contributed by atoms with Crippen molar-refractivity contribution in [2.24, 2.45) is 5.92 Å². The number of carbonyl (C=O) groups is 2. The normalized spacial score (nSPS) is 16.6. The third kappa shape index (κ3) is 5.63. The Hall–Kier alpha value is -3.23. The molecule has 0 saturated carbocycles. The minimum Gasteiger partial charge on any atom is -0.497 e. The molecule has 1 heterocycles. The van der Waals surface area contributed by atoms with E-state index in [-0.39, 0.29) is 30.5 Å². The van der Waals surface area contributed by atoms with Gasteiger partial charge in [-0.15, -0.1) is 13.2 Å². The zero-order valence-electron chi connectivity index (χ0n) is 15.5. The summed E-state index contributed by atoms with van der Waals surface area (Å²) in [5.74, 6) is -0.690. The highest BCUT2D eigenvalue weighted by Gasteiger charge is 2.34. The van der Waals surface area contributed by atoms with Crippen LogP contribution in [0.4, 0.5) is 18.9 Å². The molecule has 0 bridgehead atoms. The van der Waals surface area contributed by atoms with Crippen molar-refractivity contribution >= 4 is 17.5 Å². The van der Waals surface area contributed by atoms with E-state index < -0.39 is 12.3 Å². The lowest BCUT2D eigenvalue weighted by Crippen LogP contribution is -2.28. The molecular weight excluding hydrogens is 389 g/mol. The number of hydrogen-bond donors (Lipinski definition) is 1. The Morgan fingerprint density at radius 1 is 1.10 bits per heavy atom. The van der Waals surface area contributed by atoms with Gasteiger partial charge in [0, 0.05) is 25.2 Å². The Bertz CT molecular complexity index is 867. The maximum Gasteiger partial charge on any atom is 0.573 e. The molecule has 3 rings (SSSR count). The number of likely N-dealkylation sites (tertiary alicyclic amines) is 1. The van der Waals surface area contributed by atoms with E-state index in [0.29, 0.717) is 18.0 Å². The minimum absolute atomic E-state index is 0.0806. The number of nitrogens with one attached hydrogen (secondary N) is 1. The van der Waals surface area contributed by atoms with Crippen LogP contribution >= 0.6 is 0 Å². The Balaban J connectivity index is 1.55. The molecule has 1 saturated heterocycles. The SMILES string of the molecule is COc1ccc(CN2CC(C(=O)Nc3ccc(OC(F)(F)F)cc3)CC2=O)cc1. The number of nitrogens with zero attached hydrogens (tertiary/aromatic N) is 1. The Labute approximate surface area is 165 Å². The minimum atomic E-state index is -4.78. The smallest absolute Gasteiger partial charge is 0.497 e. The van der Waals surface area contributed by atoms with Gasteiger partial charge in [0.25, 0.3) is 0 Å². The van der Waals surface area contributed by atoms with Crippen molar-refractivity contribution in [2.75, 3.05) is 19.0 Å². The molecule has 29 heavy (non-hydrogen) atoms. The number of rotatable bonds is 6.